The van der Waals surface area contributed by atoms with Crippen molar-refractivity contribution in [3.63, 3.8) is 0 Å². The summed E-state index contributed by atoms with van der Waals surface area (Å²) in [5, 5.41) is 9.40. The number of carboxylic acids is 1. The number of carbonyl (C=O) groups is 1. The summed E-state index contributed by atoms with van der Waals surface area (Å²) in [6.07, 6.45) is 30.0. The van der Waals surface area contributed by atoms with E-state index in [-0.39, 0.29) is 23.9 Å². The number of unbranched alkanes of at least 4 members (excludes halogenated alkanes) is 15. The van der Waals surface area contributed by atoms with Crippen molar-refractivity contribution in [1.82, 2.24) is 0 Å². The van der Waals surface area contributed by atoms with Crippen LogP contribution in [-0.2, 0) is 4.79 Å². The average molecular weight is 564 g/mol. The maximum atomic E-state index is 11.4. The monoisotopic (exact) mass is 565 g/mol. The predicted octanol–water partition coefficient (Wildman–Crippen LogP) is 8.64. The molecule has 0 spiro atoms. The molecule has 0 aromatic heterocycles. The van der Waals surface area contributed by atoms with Crippen LogP contribution in [0.5, 0.6) is 0 Å². The summed E-state index contributed by atoms with van der Waals surface area (Å²) in [7, 11) is -1.10. The first kappa shape index (κ1) is 33.9. The van der Waals surface area contributed by atoms with Gasteiger partial charge in [0.05, 0.1) is 31.1 Å². The van der Waals surface area contributed by atoms with Crippen LogP contribution >= 0.6 is 7.26 Å². The van der Waals surface area contributed by atoms with Crippen molar-refractivity contribution >= 4 is 37.1 Å². The molecule has 0 atom stereocenters. The number of hydrogen-bond acceptors (Lipinski definition) is 1. The third-order valence-corrected chi connectivity index (χ3v) is 11.7. The molecule has 186 valence electrons. The van der Waals surface area contributed by atoms with Crippen molar-refractivity contribution < 1.29 is 9.90 Å². The van der Waals surface area contributed by atoms with Crippen LogP contribution in [0.3, 0.4) is 0 Å². The first-order valence-corrected chi connectivity index (χ1v) is 16.2. The quantitative estimate of drug-likeness (QED) is 0.0724. The van der Waals surface area contributed by atoms with Crippen molar-refractivity contribution in [2.45, 2.75) is 143 Å². The van der Waals surface area contributed by atoms with Crippen LogP contribution in [0.25, 0.3) is 0 Å². The van der Waals surface area contributed by atoms with Gasteiger partial charge in [0.15, 0.2) is 0 Å². The Hall–Kier alpha value is 0.699. The van der Waals surface area contributed by atoms with Crippen molar-refractivity contribution in [3.05, 3.63) is 0 Å². The van der Waals surface area contributed by atoms with Gasteiger partial charge in [0, 0.05) is 7.26 Å². The van der Waals surface area contributed by atoms with Crippen LogP contribution in [0.4, 0.5) is 0 Å². The van der Waals surface area contributed by atoms with Gasteiger partial charge in [0.1, 0.15) is 0 Å². The first-order chi connectivity index (χ1) is 14.6. The Labute approximate surface area is 213 Å². The van der Waals surface area contributed by atoms with E-state index in [9.17, 15) is 9.90 Å². The van der Waals surface area contributed by atoms with E-state index in [0.717, 1.165) is 6.16 Å². The predicted molar refractivity (Wildman–Crippen MR) is 147 cm³/mol. The summed E-state index contributed by atoms with van der Waals surface area (Å²) < 4.78 is 0. The topological polar surface area (TPSA) is 37.3 Å². The fraction of sp³-hybridized carbons (Fsp3) is 0.963. The summed E-state index contributed by atoms with van der Waals surface area (Å²) in [5.41, 5.74) is 0. The Balaban J connectivity index is 0. The van der Waals surface area contributed by atoms with Gasteiger partial charge in [-0.15, -0.1) is 0 Å². The molecule has 2 nitrogen and oxygen atoms in total. The third kappa shape index (κ3) is 22.3. The molecule has 0 aromatic carbocycles. The van der Waals surface area contributed by atoms with E-state index in [1.807, 2.05) is 0 Å². The van der Waals surface area contributed by atoms with Gasteiger partial charge in [-0.2, -0.15) is 0 Å². The van der Waals surface area contributed by atoms with E-state index in [2.05, 4.69) is 20.8 Å². The Morgan fingerprint density at radius 3 is 1.10 bits per heavy atom. The number of aliphatic carboxylic acids is 1. The van der Waals surface area contributed by atoms with E-state index >= 15 is 0 Å². The summed E-state index contributed by atoms with van der Waals surface area (Å²) >= 11 is 0. The number of hydrogen-bond donors (Lipinski definition) is 1. The second kappa shape index (κ2) is 25.3. The molecule has 0 amide bonds. The van der Waals surface area contributed by atoms with E-state index in [1.165, 1.54) is 134 Å². The van der Waals surface area contributed by atoms with Crippen LogP contribution in [0.15, 0.2) is 0 Å². The van der Waals surface area contributed by atoms with Gasteiger partial charge in [-0.25, -0.2) is 0 Å². The standard InChI is InChI=1S/C27H55O2P.Sn.2H/c1-4-7-10-13-16-19-23-30(26-22-27(28)29,24-20-17-14-11-8-5-2)25-21-18-15-12-9-6-3;;;/h4-26H2,1-3H3;;;/p+1. The van der Waals surface area contributed by atoms with Crippen LogP contribution in [0.2, 0.25) is 0 Å². The van der Waals surface area contributed by atoms with E-state index in [0.29, 0.717) is 6.42 Å². The second-order valence-electron chi connectivity index (χ2n) is 9.68. The molecule has 2 radical (unpaired) electrons. The summed E-state index contributed by atoms with van der Waals surface area (Å²) in [5.74, 6) is -0.576. The fourth-order valence-electron chi connectivity index (χ4n) is 4.69. The number of carboxylic acid groups (broad SMARTS) is 1. The van der Waals surface area contributed by atoms with Crippen LogP contribution < -0.4 is 0 Å². The Morgan fingerprint density at radius 2 is 0.806 bits per heavy atom. The van der Waals surface area contributed by atoms with E-state index < -0.39 is 13.2 Å². The Kier molecular flexibility index (Phi) is 27.7. The van der Waals surface area contributed by atoms with Gasteiger partial charge in [-0.05, 0) is 38.5 Å². The van der Waals surface area contributed by atoms with Crippen molar-refractivity contribution in [1.29, 1.82) is 0 Å². The molecule has 31 heavy (non-hydrogen) atoms. The minimum atomic E-state index is -1.10. The van der Waals surface area contributed by atoms with Gasteiger partial charge >= 0.3 is 29.9 Å². The molecule has 0 fully saturated rings. The van der Waals surface area contributed by atoms with Crippen LogP contribution in [-0.4, -0.2) is 59.6 Å². The zero-order chi connectivity index (χ0) is 22.3. The maximum absolute atomic E-state index is 11.4. The van der Waals surface area contributed by atoms with E-state index in [1.54, 1.807) is 0 Å². The van der Waals surface area contributed by atoms with Crippen LogP contribution in [0, 0.1) is 0 Å². The van der Waals surface area contributed by atoms with Crippen LogP contribution in [0.1, 0.15) is 143 Å². The third-order valence-electron chi connectivity index (χ3n) is 6.76. The molecule has 0 bridgehead atoms. The normalized spacial score (nSPS) is 11.5. The molecule has 4 heteroatoms. The SMILES string of the molecule is CCCCCCCC[P+](CCCCCCCC)(CCCCCCCC)CCC(=O)O.[SnH2]. The molecule has 1 N–H and O–H groups in total. The summed E-state index contributed by atoms with van der Waals surface area (Å²) in [6, 6.07) is 0. The van der Waals surface area contributed by atoms with Crippen molar-refractivity contribution in [2.24, 2.45) is 0 Å². The molecular formula is C27H58O2PSn+. The van der Waals surface area contributed by atoms with Gasteiger partial charge in [0.25, 0.3) is 0 Å². The zero-order valence-electron chi connectivity index (χ0n) is 21.8. The average Bonchev–Trinajstić information content (AvgIpc) is 2.74. The fourth-order valence-corrected chi connectivity index (χ4v) is 9.38. The first-order valence-electron chi connectivity index (χ1n) is 13.7. The zero-order valence-corrected chi connectivity index (χ0v) is 26.7. The van der Waals surface area contributed by atoms with Gasteiger partial charge in [-0.1, -0.05) is 97.8 Å². The van der Waals surface area contributed by atoms with Crippen molar-refractivity contribution in [3.8, 4) is 0 Å². The van der Waals surface area contributed by atoms with Gasteiger partial charge < -0.3 is 5.11 Å². The second-order valence-corrected chi connectivity index (χ2v) is 14.2. The molecule has 0 saturated heterocycles. The molecule has 0 aliphatic heterocycles. The molecule has 0 unspecified atom stereocenters. The molecule has 0 saturated carbocycles. The molecule has 0 heterocycles. The molecule has 0 aliphatic rings. The number of rotatable bonds is 24. The summed E-state index contributed by atoms with van der Waals surface area (Å²) in [4.78, 5) is 11.4. The van der Waals surface area contributed by atoms with Gasteiger partial charge in [-0.3, -0.25) is 4.79 Å². The Bertz CT molecular complexity index is 335. The molecule has 0 rings (SSSR count). The van der Waals surface area contributed by atoms with E-state index in [4.69, 9.17) is 0 Å². The minimum absolute atomic E-state index is 0. The van der Waals surface area contributed by atoms with Crippen molar-refractivity contribution in [2.75, 3.05) is 24.6 Å². The summed E-state index contributed by atoms with van der Waals surface area (Å²) in [6.45, 7) is 6.84. The Morgan fingerprint density at radius 1 is 0.516 bits per heavy atom. The van der Waals surface area contributed by atoms with Gasteiger partial charge in [0.2, 0.25) is 0 Å². The molecular weight excluding hydrogens is 506 g/mol. The molecule has 0 aliphatic carbocycles. The molecule has 0 aromatic rings.